The molecule has 1 aromatic rings. The highest BCUT2D eigenvalue weighted by Gasteiger charge is 2.22. The van der Waals surface area contributed by atoms with Crippen molar-refractivity contribution in [3.63, 3.8) is 0 Å². The molecular formula is C12H12F2O2S. The molecule has 1 aliphatic rings. The molecule has 1 saturated heterocycles. The van der Waals surface area contributed by atoms with E-state index >= 15 is 0 Å². The smallest absolute Gasteiger partial charge is 0.166 e. The van der Waals surface area contributed by atoms with Gasteiger partial charge in [0.2, 0.25) is 0 Å². The lowest BCUT2D eigenvalue weighted by atomic mass is 10.1. The van der Waals surface area contributed by atoms with Crippen LogP contribution in [-0.4, -0.2) is 30.0 Å². The van der Waals surface area contributed by atoms with Crippen molar-refractivity contribution in [3.05, 3.63) is 35.4 Å². The van der Waals surface area contributed by atoms with E-state index in [1.54, 1.807) is 11.8 Å². The van der Waals surface area contributed by atoms with Gasteiger partial charge in [0.15, 0.2) is 17.4 Å². The SMILES string of the molecule is O=C(Cc1ccc(F)c(F)c1)C1CSCCO1. The number of hydrogen-bond donors (Lipinski definition) is 0. The number of ketones is 1. The number of thioether (sulfide) groups is 1. The normalized spacial score (nSPS) is 20.2. The molecule has 1 atom stereocenters. The standard InChI is InChI=1S/C12H12F2O2S/c13-9-2-1-8(5-10(9)14)6-11(15)12-7-17-4-3-16-12/h1-2,5,12H,3-4,6-7H2. The van der Waals surface area contributed by atoms with Crippen LogP contribution in [0, 0.1) is 11.6 Å². The van der Waals surface area contributed by atoms with E-state index in [0.29, 0.717) is 17.9 Å². The highest BCUT2D eigenvalue weighted by atomic mass is 32.2. The maximum absolute atomic E-state index is 13.0. The van der Waals surface area contributed by atoms with Crippen molar-refractivity contribution in [1.29, 1.82) is 0 Å². The average Bonchev–Trinajstić information content (AvgIpc) is 2.35. The highest BCUT2D eigenvalue weighted by molar-refractivity contribution is 7.99. The Morgan fingerprint density at radius 3 is 2.88 bits per heavy atom. The molecule has 0 spiro atoms. The van der Waals surface area contributed by atoms with Gasteiger partial charge in [-0.2, -0.15) is 11.8 Å². The molecule has 1 fully saturated rings. The quantitative estimate of drug-likeness (QED) is 0.831. The van der Waals surface area contributed by atoms with Gasteiger partial charge >= 0.3 is 0 Å². The van der Waals surface area contributed by atoms with Crippen molar-refractivity contribution in [2.24, 2.45) is 0 Å². The second-order valence-electron chi connectivity index (χ2n) is 3.83. The van der Waals surface area contributed by atoms with Crippen LogP contribution in [0.15, 0.2) is 18.2 Å². The summed E-state index contributed by atoms with van der Waals surface area (Å²) in [6.07, 6.45) is -0.329. The maximum Gasteiger partial charge on any atom is 0.166 e. The summed E-state index contributed by atoms with van der Waals surface area (Å²) in [4.78, 5) is 11.8. The van der Waals surface area contributed by atoms with Gasteiger partial charge < -0.3 is 4.74 Å². The van der Waals surface area contributed by atoms with Gasteiger partial charge in [-0.1, -0.05) is 6.07 Å². The molecule has 5 heteroatoms. The van der Waals surface area contributed by atoms with Crippen LogP contribution in [0.25, 0.3) is 0 Å². The number of rotatable bonds is 3. The summed E-state index contributed by atoms with van der Waals surface area (Å²) in [6.45, 7) is 0.568. The molecular weight excluding hydrogens is 246 g/mol. The summed E-state index contributed by atoms with van der Waals surface area (Å²) < 4.78 is 31.0. The lowest BCUT2D eigenvalue weighted by Crippen LogP contribution is -2.32. The molecule has 17 heavy (non-hydrogen) atoms. The van der Waals surface area contributed by atoms with E-state index in [1.807, 2.05) is 0 Å². The fourth-order valence-electron chi connectivity index (χ4n) is 1.64. The molecule has 2 rings (SSSR count). The predicted molar refractivity (Wildman–Crippen MR) is 62.1 cm³/mol. The Morgan fingerprint density at radius 1 is 1.41 bits per heavy atom. The summed E-state index contributed by atoms with van der Waals surface area (Å²) in [5.74, 6) is -0.361. The first kappa shape index (κ1) is 12.5. The van der Waals surface area contributed by atoms with Crippen molar-refractivity contribution < 1.29 is 18.3 Å². The second kappa shape index (κ2) is 5.60. The number of carbonyl (C=O) groups is 1. The van der Waals surface area contributed by atoms with Crippen LogP contribution < -0.4 is 0 Å². The van der Waals surface area contributed by atoms with Crippen LogP contribution in [0.5, 0.6) is 0 Å². The number of benzene rings is 1. The van der Waals surface area contributed by atoms with E-state index in [4.69, 9.17) is 4.74 Å². The zero-order chi connectivity index (χ0) is 12.3. The minimum atomic E-state index is -0.922. The van der Waals surface area contributed by atoms with E-state index in [2.05, 4.69) is 0 Å². The molecule has 0 N–H and O–H groups in total. The molecule has 0 aromatic heterocycles. The van der Waals surface area contributed by atoms with Crippen molar-refractivity contribution >= 4 is 17.5 Å². The molecule has 1 aliphatic heterocycles. The van der Waals surface area contributed by atoms with Gasteiger partial charge in [-0.05, 0) is 17.7 Å². The van der Waals surface area contributed by atoms with Crippen LogP contribution in [-0.2, 0) is 16.0 Å². The molecule has 0 aliphatic carbocycles. The van der Waals surface area contributed by atoms with Gasteiger partial charge in [-0.25, -0.2) is 8.78 Å². The molecule has 0 radical (unpaired) electrons. The third-order valence-corrected chi connectivity index (χ3v) is 3.53. The molecule has 92 valence electrons. The maximum atomic E-state index is 13.0. The zero-order valence-corrected chi connectivity index (χ0v) is 9.93. The van der Waals surface area contributed by atoms with Gasteiger partial charge in [-0.15, -0.1) is 0 Å². The van der Waals surface area contributed by atoms with Crippen LogP contribution in [0.3, 0.4) is 0 Å². The number of hydrogen-bond acceptors (Lipinski definition) is 3. The Balaban J connectivity index is 1.99. The van der Waals surface area contributed by atoms with Gasteiger partial charge in [0.1, 0.15) is 6.10 Å². The van der Waals surface area contributed by atoms with Crippen LogP contribution in [0.4, 0.5) is 8.78 Å². The molecule has 1 heterocycles. The third kappa shape index (κ3) is 3.26. The first-order valence-corrected chi connectivity index (χ1v) is 6.48. The predicted octanol–water partition coefficient (Wildman–Crippen LogP) is 2.21. The second-order valence-corrected chi connectivity index (χ2v) is 4.98. The number of halogens is 2. The highest BCUT2D eigenvalue weighted by Crippen LogP contribution is 2.16. The third-order valence-electron chi connectivity index (χ3n) is 2.54. The number of carbonyl (C=O) groups excluding carboxylic acids is 1. The summed E-state index contributed by atoms with van der Waals surface area (Å²) in [5, 5.41) is 0. The Bertz CT molecular complexity index is 417. The number of Topliss-reactive ketones (excluding diaryl/α,β-unsaturated/α-hetero) is 1. The lowest BCUT2D eigenvalue weighted by Gasteiger charge is -2.20. The van der Waals surface area contributed by atoms with Crippen LogP contribution >= 0.6 is 11.8 Å². The van der Waals surface area contributed by atoms with E-state index < -0.39 is 17.7 Å². The number of ether oxygens (including phenoxy) is 1. The first-order valence-electron chi connectivity index (χ1n) is 5.33. The van der Waals surface area contributed by atoms with Crippen molar-refractivity contribution in [2.75, 3.05) is 18.1 Å². The van der Waals surface area contributed by atoms with Gasteiger partial charge in [0.25, 0.3) is 0 Å². The fraction of sp³-hybridized carbons (Fsp3) is 0.417. The van der Waals surface area contributed by atoms with E-state index in [1.165, 1.54) is 6.07 Å². The van der Waals surface area contributed by atoms with Crippen LogP contribution in [0.1, 0.15) is 5.56 Å². The van der Waals surface area contributed by atoms with Crippen molar-refractivity contribution in [3.8, 4) is 0 Å². The first-order chi connectivity index (χ1) is 8.16. The zero-order valence-electron chi connectivity index (χ0n) is 9.12. The Kier molecular flexibility index (Phi) is 4.12. The monoisotopic (exact) mass is 258 g/mol. The largest absolute Gasteiger partial charge is 0.369 e. The van der Waals surface area contributed by atoms with Crippen molar-refractivity contribution in [2.45, 2.75) is 12.5 Å². The summed E-state index contributed by atoms with van der Waals surface area (Å²) in [5.41, 5.74) is 0.480. The molecule has 0 amide bonds. The summed E-state index contributed by atoms with van der Waals surface area (Å²) in [6, 6.07) is 3.52. The summed E-state index contributed by atoms with van der Waals surface area (Å²) >= 11 is 1.67. The average molecular weight is 258 g/mol. The van der Waals surface area contributed by atoms with Gasteiger partial charge in [0, 0.05) is 17.9 Å². The molecule has 0 bridgehead atoms. The Hall–Kier alpha value is -0.940. The Labute approximate surface area is 102 Å². The topological polar surface area (TPSA) is 26.3 Å². The molecule has 1 unspecified atom stereocenters. The molecule has 2 nitrogen and oxygen atoms in total. The lowest BCUT2D eigenvalue weighted by molar-refractivity contribution is -0.128. The van der Waals surface area contributed by atoms with E-state index in [-0.39, 0.29) is 12.2 Å². The minimum absolute atomic E-state index is 0.0804. The van der Waals surface area contributed by atoms with Gasteiger partial charge in [0.05, 0.1) is 6.61 Å². The van der Waals surface area contributed by atoms with Crippen molar-refractivity contribution in [1.82, 2.24) is 0 Å². The summed E-state index contributed by atoms with van der Waals surface area (Å²) in [7, 11) is 0. The molecule has 0 saturated carbocycles. The minimum Gasteiger partial charge on any atom is -0.369 e. The fourth-order valence-corrected chi connectivity index (χ4v) is 2.52. The van der Waals surface area contributed by atoms with Gasteiger partial charge in [-0.3, -0.25) is 4.79 Å². The molecule has 1 aromatic carbocycles. The van der Waals surface area contributed by atoms with E-state index in [9.17, 15) is 13.6 Å². The van der Waals surface area contributed by atoms with E-state index in [0.717, 1.165) is 17.9 Å². The van der Waals surface area contributed by atoms with Crippen LogP contribution in [0.2, 0.25) is 0 Å². The Morgan fingerprint density at radius 2 is 2.24 bits per heavy atom.